The van der Waals surface area contributed by atoms with Crippen LogP contribution in [0.4, 0.5) is 14.4 Å². The maximum atomic E-state index is 12.5. The van der Waals surface area contributed by atoms with E-state index < -0.39 is 16.8 Å². The second-order valence-corrected chi connectivity index (χ2v) is 14.6. The van der Waals surface area contributed by atoms with Crippen molar-refractivity contribution in [1.82, 2.24) is 20.0 Å². The van der Waals surface area contributed by atoms with Crippen molar-refractivity contribution in [3.8, 4) is 0 Å². The zero-order valence-electron chi connectivity index (χ0n) is 28.6. The van der Waals surface area contributed by atoms with Crippen LogP contribution in [0.5, 0.6) is 0 Å². The summed E-state index contributed by atoms with van der Waals surface area (Å²) in [6, 6.07) is 9.64. The maximum Gasteiger partial charge on any atom is 0.410 e. The molecule has 4 aliphatic rings. The van der Waals surface area contributed by atoms with Gasteiger partial charge in [-0.25, -0.2) is 14.4 Å². The Hall–Kier alpha value is -3.09. The van der Waals surface area contributed by atoms with Crippen LogP contribution in [0.25, 0.3) is 0 Å². The number of ether oxygens (including phenoxy) is 5. The van der Waals surface area contributed by atoms with E-state index in [1.807, 2.05) is 71.9 Å². The molecule has 1 N–H and O–H groups in total. The molecule has 4 aliphatic heterocycles. The molecule has 0 unspecified atom stereocenters. The fraction of sp³-hybridized carbons (Fsp3) is 0.750. The normalized spacial score (nSPS) is 20.3. The van der Waals surface area contributed by atoms with Gasteiger partial charge in [-0.3, -0.25) is 0 Å². The Bertz CT molecular complexity index is 1140. The van der Waals surface area contributed by atoms with E-state index in [9.17, 15) is 14.4 Å². The number of benzene rings is 1. The summed E-state index contributed by atoms with van der Waals surface area (Å²) in [4.78, 5) is 41.9. The smallest absolute Gasteiger partial charge is 0.410 e. The van der Waals surface area contributed by atoms with Crippen LogP contribution in [0.15, 0.2) is 30.3 Å². The number of rotatable bonds is 2. The van der Waals surface area contributed by atoms with Gasteiger partial charge in [-0.1, -0.05) is 45.2 Å². The molecule has 4 fully saturated rings. The Balaban J connectivity index is 0.000000348. The molecule has 48 heavy (non-hydrogen) atoms. The number of amides is 3. The number of nitrogens with one attached hydrogen (secondary N) is 1. The first-order chi connectivity index (χ1) is 21.7. The van der Waals surface area contributed by atoms with Crippen molar-refractivity contribution in [2.24, 2.45) is 0 Å². The van der Waals surface area contributed by atoms with Gasteiger partial charge in [-0.2, -0.15) is 0 Å². The zero-order valence-corrected chi connectivity index (χ0v) is 28.6. The van der Waals surface area contributed by atoms with Crippen LogP contribution in [0.3, 0.4) is 0 Å². The minimum atomic E-state index is -0.507. The molecule has 0 aromatic heterocycles. The van der Waals surface area contributed by atoms with Gasteiger partial charge in [0.2, 0.25) is 0 Å². The zero-order chi connectivity index (χ0) is 33.4. The standard InChI is InChI=1S/C21H30N2O5.C13H24N2O3.2CH4/c1-20(2,3)28-19(25)22-11-9-21(10-12-22)16-23(13-14-27-21)18(24)26-15-17-7-5-4-6-8-17;1-12(2,3)18-11(16)15-7-4-13(5-8-15)10-14-6-9-17-13;;/h4-8H,9-16H2,1-3H3;14H,4-10H2,1-3H3;2*1H4. The third kappa shape index (κ3) is 12.4. The summed E-state index contributed by atoms with van der Waals surface area (Å²) in [5.74, 6) is 0. The Morgan fingerprint density at radius 2 is 1.21 bits per heavy atom. The van der Waals surface area contributed by atoms with Crippen molar-refractivity contribution in [2.45, 2.75) is 111 Å². The van der Waals surface area contributed by atoms with Crippen LogP contribution < -0.4 is 5.32 Å². The van der Waals surface area contributed by atoms with Crippen molar-refractivity contribution in [3.05, 3.63) is 35.9 Å². The summed E-state index contributed by atoms with van der Waals surface area (Å²) in [5.41, 5.74) is -0.439. The number of carbonyl (C=O) groups is 3. The summed E-state index contributed by atoms with van der Waals surface area (Å²) in [7, 11) is 0. The molecule has 0 bridgehead atoms. The highest BCUT2D eigenvalue weighted by Crippen LogP contribution is 2.31. The van der Waals surface area contributed by atoms with E-state index in [4.69, 9.17) is 23.7 Å². The monoisotopic (exact) mass is 678 g/mol. The first-order valence-electron chi connectivity index (χ1n) is 16.6. The lowest BCUT2D eigenvalue weighted by molar-refractivity contribution is -0.129. The SMILES string of the molecule is C.C.CC(C)(C)OC(=O)N1CCC2(CC1)CN(C(=O)OCc1ccccc1)CCO2.CC(C)(C)OC(=O)N1CCC2(CC1)CNCCO2. The molecule has 1 aromatic carbocycles. The van der Waals surface area contributed by atoms with E-state index in [1.165, 1.54) is 0 Å². The molecule has 274 valence electrons. The first kappa shape index (κ1) is 41.1. The van der Waals surface area contributed by atoms with Gasteiger partial charge < -0.3 is 43.7 Å². The molecule has 0 aliphatic carbocycles. The summed E-state index contributed by atoms with van der Waals surface area (Å²) in [6.07, 6.45) is 2.31. The summed E-state index contributed by atoms with van der Waals surface area (Å²) < 4.78 is 28.2. The van der Waals surface area contributed by atoms with Gasteiger partial charge in [0, 0.05) is 45.8 Å². The maximum absolute atomic E-state index is 12.5. The molecule has 12 heteroatoms. The van der Waals surface area contributed by atoms with Crippen molar-refractivity contribution in [3.63, 3.8) is 0 Å². The van der Waals surface area contributed by atoms with Gasteiger partial charge in [0.25, 0.3) is 0 Å². The molecule has 4 heterocycles. The highest BCUT2D eigenvalue weighted by Gasteiger charge is 2.43. The topological polar surface area (TPSA) is 119 Å². The van der Waals surface area contributed by atoms with Gasteiger partial charge in [0.15, 0.2) is 0 Å². The van der Waals surface area contributed by atoms with E-state index in [2.05, 4.69) is 5.32 Å². The van der Waals surface area contributed by atoms with Crippen LogP contribution in [0, 0.1) is 0 Å². The highest BCUT2D eigenvalue weighted by molar-refractivity contribution is 5.69. The number of piperidine rings is 2. The van der Waals surface area contributed by atoms with E-state index in [-0.39, 0.29) is 45.3 Å². The number of nitrogens with zero attached hydrogens (tertiary/aromatic N) is 3. The number of carbonyl (C=O) groups excluding carboxylic acids is 3. The quantitative estimate of drug-likeness (QED) is 0.372. The summed E-state index contributed by atoms with van der Waals surface area (Å²) in [6.45, 7) is 18.2. The number of hydrogen-bond donors (Lipinski definition) is 1. The largest absolute Gasteiger partial charge is 0.445 e. The summed E-state index contributed by atoms with van der Waals surface area (Å²) in [5, 5.41) is 3.37. The van der Waals surface area contributed by atoms with Crippen LogP contribution in [-0.2, 0) is 30.3 Å². The third-order valence-corrected chi connectivity index (χ3v) is 8.50. The van der Waals surface area contributed by atoms with E-state index >= 15 is 0 Å². The fourth-order valence-electron chi connectivity index (χ4n) is 5.99. The molecule has 2 spiro atoms. The Labute approximate surface area is 288 Å². The van der Waals surface area contributed by atoms with Gasteiger partial charge in [0.05, 0.1) is 31.0 Å². The van der Waals surface area contributed by atoms with E-state index in [1.54, 1.807) is 14.7 Å². The van der Waals surface area contributed by atoms with Crippen LogP contribution >= 0.6 is 0 Å². The second-order valence-electron chi connectivity index (χ2n) is 14.6. The summed E-state index contributed by atoms with van der Waals surface area (Å²) >= 11 is 0. The molecule has 4 saturated heterocycles. The first-order valence-corrected chi connectivity index (χ1v) is 16.6. The average Bonchev–Trinajstić information content (AvgIpc) is 3.00. The van der Waals surface area contributed by atoms with Crippen LogP contribution in [0.2, 0.25) is 0 Å². The lowest BCUT2D eigenvalue weighted by Gasteiger charge is -2.46. The molecule has 1 aromatic rings. The number of hydrogen-bond acceptors (Lipinski definition) is 9. The third-order valence-electron chi connectivity index (χ3n) is 8.50. The second kappa shape index (κ2) is 17.5. The van der Waals surface area contributed by atoms with Gasteiger partial charge >= 0.3 is 18.3 Å². The minimum absolute atomic E-state index is 0. The lowest BCUT2D eigenvalue weighted by Crippen LogP contribution is -2.58. The van der Waals surface area contributed by atoms with E-state index in [0.717, 1.165) is 51.2 Å². The lowest BCUT2D eigenvalue weighted by atomic mass is 9.89. The van der Waals surface area contributed by atoms with Gasteiger partial charge in [-0.05, 0) is 72.8 Å². The molecular weight excluding hydrogens is 616 g/mol. The molecule has 0 saturated carbocycles. The Morgan fingerprint density at radius 1 is 0.708 bits per heavy atom. The Kier molecular flexibility index (Phi) is 15.0. The average molecular weight is 679 g/mol. The van der Waals surface area contributed by atoms with Crippen LogP contribution in [0.1, 0.15) is 87.6 Å². The number of morpholine rings is 2. The van der Waals surface area contributed by atoms with Crippen LogP contribution in [-0.4, -0.2) is 121 Å². The molecule has 0 radical (unpaired) electrons. The van der Waals surface area contributed by atoms with Crippen molar-refractivity contribution in [1.29, 1.82) is 0 Å². The predicted octanol–water partition coefficient (Wildman–Crippen LogP) is 6.07. The predicted molar refractivity (Wildman–Crippen MR) is 186 cm³/mol. The van der Waals surface area contributed by atoms with Crippen molar-refractivity contribution < 1.29 is 38.1 Å². The van der Waals surface area contributed by atoms with Gasteiger partial charge in [-0.15, -0.1) is 0 Å². The molecule has 5 rings (SSSR count). The molecule has 0 atom stereocenters. The minimum Gasteiger partial charge on any atom is -0.445 e. The van der Waals surface area contributed by atoms with Crippen molar-refractivity contribution in [2.75, 3.05) is 65.6 Å². The number of likely N-dealkylation sites (tertiary alicyclic amines) is 2. The molecular formula is C36H62N4O8. The van der Waals surface area contributed by atoms with Gasteiger partial charge in [0.1, 0.15) is 17.8 Å². The van der Waals surface area contributed by atoms with E-state index in [0.29, 0.717) is 45.6 Å². The molecule has 12 nitrogen and oxygen atoms in total. The fourth-order valence-corrected chi connectivity index (χ4v) is 5.99. The Morgan fingerprint density at radius 3 is 1.69 bits per heavy atom. The molecule has 3 amide bonds. The van der Waals surface area contributed by atoms with Crippen molar-refractivity contribution >= 4 is 18.3 Å². The highest BCUT2D eigenvalue weighted by atomic mass is 16.6.